The lowest BCUT2D eigenvalue weighted by Gasteiger charge is -2.36. The Kier molecular flexibility index (Phi) is 12.7. The number of hydrogen-bond donors (Lipinski definition) is 0. The van der Waals surface area contributed by atoms with Crippen LogP contribution < -0.4 is 19.1 Å². The predicted molar refractivity (Wildman–Crippen MR) is 195 cm³/mol. The van der Waals surface area contributed by atoms with Crippen LogP contribution in [0.4, 0.5) is 11.4 Å². The molecule has 12 heteroatoms. The molecule has 1 aromatic heterocycles. The number of ether oxygens (including phenoxy) is 3. The number of benzene rings is 2. The van der Waals surface area contributed by atoms with Crippen molar-refractivity contribution in [1.29, 1.82) is 5.26 Å². The molecule has 1 aliphatic heterocycles. The fourth-order valence-corrected chi connectivity index (χ4v) is 7.02. The van der Waals surface area contributed by atoms with Crippen LogP contribution in [0.1, 0.15) is 39.2 Å². The van der Waals surface area contributed by atoms with Crippen LogP contribution in [0, 0.1) is 11.3 Å². The molecule has 0 bridgehead atoms. The zero-order valence-corrected chi connectivity index (χ0v) is 31.6. The van der Waals surface area contributed by atoms with Crippen molar-refractivity contribution in [3.8, 4) is 23.3 Å². The number of anilines is 2. The van der Waals surface area contributed by atoms with Gasteiger partial charge in [-0.3, -0.25) is 4.98 Å². The molecule has 4 rings (SSSR count). The van der Waals surface area contributed by atoms with Gasteiger partial charge in [0.2, 0.25) is 0 Å². The molecule has 47 heavy (non-hydrogen) atoms. The molecular formula is C35H49Cl2N5O4Si. The smallest absolute Gasteiger partial charge is 0.191 e. The minimum Gasteiger partial charge on any atom is -0.495 e. The highest BCUT2D eigenvalue weighted by Crippen LogP contribution is 2.44. The van der Waals surface area contributed by atoms with Crippen molar-refractivity contribution in [2.24, 2.45) is 0 Å². The number of halogens is 2. The Hall–Kier alpha value is -2.78. The molecule has 256 valence electrons. The molecule has 0 unspecified atom stereocenters. The number of nitrogens with zero attached hydrogens (tertiary/aromatic N) is 5. The summed E-state index contributed by atoms with van der Waals surface area (Å²) in [7, 11) is 3.40. The van der Waals surface area contributed by atoms with Gasteiger partial charge in [0.05, 0.1) is 53.3 Å². The Bertz CT molecular complexity index is 1570. The first-order chi connectivity index (χ1) is 22.3. The van der Waals surface area contributed by atoms with E-state index in [2.05, 4.69) is 61.8 Å². The van der Waals surface area contributed by atoms with E-state index in [0.29, 0.717) is 75.9 Å². The molecule has 2 heterocycles. The minimum absolute atomic E-state index is 0.0930. The number of methoxy groups -OCH3 is 2. The number of fused-ring (bicyclic) bond motifs is 1. The molecule has 0 radical (unpaired) electrons. The number of aromatic nitrogens is 1. The molecule has 3 aromatic rings. The number of nitriles is 1. The van der Waals surface area contributed by atoms with Crippen molar-refractivity contribution in [2.75, 3.05) is 78.6 Å². The number of rotatable bonds is 14. The highest BCUT2D eigenvalue weighted by Gasteiger charge is 2.37. The van der Waals surface area contributed by atoms with Crippen molar-refractivity contribution >= 4 is 53.8 Å². The van der Waals surface area contributed by atoms with Crippen molar-refractivity contribution in [3.05, 3.63) is 46.1 Å². The first kappa shape index (κ1) is 37.0. The first-order valence-electron chi connectivity index (χ1n) is 16.2. The van der Waals surface area contributed by atoms with Gasteiger partial charge in [-0.2, -0.15) is 5.26 Å². The molecule has 0 amide bonds. The summed E-state index contributed by atoms with van der Waals surface area (Å²) in [6.45, 7) is 18.1. The Labute approximate surface area is 291 Å². The number of piperazine rings is 1. The van der Waals surface area contributed by atoms with Gasteiger partial charge < -0.3 is 33.3 Å². The summed E-state index contributed by atoms with van der Waals surface area (Å²) in [5.74, 6) is 1.66. The normalized spacial score (nSPS) is 14.7. The topological polar surface area (TPSA) is 83.3 Å². The van der Waals surface area contributed by atoms with Crippen molar-refractivity contribution in [3.63, 3.8) is 0 Å². The predicted octanol–water partition coefficient (Wildman–Crippen LogP) is 8.00. The van der Waals surface area contributed by atoms with E-state index < -0.39 is 8.32 Å². The number of pyridine rings is 1. The van der Waals surface area contributed by atoms with Crippen LogP contribution in [-0.4, -0.2) is 96.9 Å². The first-order valence-corrected chi connectivity index (χ1v) is 19.8. The molecule has 9 nitrogen and oxygen atoms in total. The fraction of sp³-hybridized carbons (Fsp3) is 0.543. The van der Waals surface area contributed by atoms with Gasteiger partial charge in [-0.1, -0.05) is 44.0 Å². The van der Waals surface area contributed by atoms with Crippen LogP contribution in [0.2, 0.25) is 28.2 Å². The molecule has 0 saturated carbocycles. The van der Waals surface area contributed by atoms with Crippen LogP contribution in [0.25, 0.3) is 10.9 Å². The molecule has 2 aromatic carbocycles. The summed E-state index contributed by atoms with van der Waals surface area (Å²) in [5, 5.41) is 12.0. The Balaban J connectivity index is 1.68. The third-order valence-electron chi connectivity index (χ3n) is 9.29. The standard InChI is InChI=1S/C35H49Cl2N5O4Si/c1-35(2,3)47(7,8)46-18-10-12-42(30-22-31(43-5)28(37)20-27(30)36)34-25(23-38)24-39-29-21-33(32(44-6)19-26(29)34)45-17-9-11-41-15-13-40(4)14-16-41/h19-22,24H,9-18H2,1-8H3. The van der Waals surface area contributed by atoms with E-state index in [1.807, 2.05) is 23.1 Å². The Morgan fingerprint density at radius 1 is 0.936 bits per heavy atom. The van der Waals surface area contributed by atoms with Gasteiger partial charge in [-0.25, -0.2) is 0 Å². The van der Waals surface area contributed by atoms with Gasteiger partial charge in [0.15, 0.2) is 19.8 Å². The van der Waals surface area contributed by atoms with Gasteiger partial charge in [-0.15, -0.1) is 0 Å². The highest BCUT2D eigenvalue weighted by atomic mass is 35.5. The van der Waals surface area contributed by atoms with E-state index in [0.717, 1.165) is 44.5 Å². The zero-order valence-electron chi connectivity index (χ0n) is 29.1. The second-order valence-electron chi connectivity index (χ2n) is 13.6. The summed E-state index contributed by atoms with van der Waals surface area (Å²) in [4.78, 5) is 11.5. The van der Waals surface area contributed by atoms with E-state index in [1.54, 1.807) is 26.5 Å². The summed E-state index contributed by atoms with van der Waals surface area (Å²) < 4.78 is 24.1. The zero-order chi connectivity index (χ0) is 34.4. The number of likely N-dealkylation sites (N-methyl/N-ethyl adjacent to an activating group) is 1. The lowest BCUT2D eigenvalue weighted by Crippen LogP contribution is -2.44. The SMILES string of the molecule is COc1cc(N(CCCO[Si](C)(C)C(C)(C)C)c2c(C#N)cnc3cc(OCCCN4CCN(C)CC4)c(OC)cc23)c(Cl)cc1Cl. The Morgan fingerprint density at radius 3 is 2.28 bits per heavy atom. The second kappa shape index (κ2) is 16.1. The monoisotopic (exact) mass is 701 g/mol. The average Bonchev–Trinajstić information content (AvgIpc) is 3.03. The van der Waals surface area contributed by atoms with Gasteiger partial charge in [0, 0.05) is 69.6 Å². The molecule has 0 N–H and O–H groups in total. The average molecular weight is 703 g/mol. The summed E-state index contributed by atoms with van der Waals surface area (Å²) >= 11 is 13.3. The van der Waals surface area contributed by atoms with Gasteiger partial charge in [0.1, 0.15) is 11.8 Å². The number of hydrogen-bond acceptors (Lipinski definition) is 9. The van der Waals surface area contributed by atoms with Crippen LogP contribution in [-0.2, 0) is 4.43 Å². The van der Waals surface area contributed by atoms with E-state index in [1.165, 1.54) is 0 Å². The van der Waals surface area contributed by atoms with Gasteiger partial charge in [0.25, 0.3) is 0 Å². The van der Waals surface area contributed by atoms with Crippen LogP contribution in [0.3, 0.4) is 0 Å². The third kappa shape index (κ3) is 9.02. The van der Waals surface area contributed by atoms with Crippen molar-refractivity contribution < 1.29 is 18.6 Å². The molecule has 1 fully saturated rings. The molecule has 0 spiro atoms. The Morgan fingerprint density at radius 2 is 1.64 bits per heavy atom. The summed E-state index contributed by atoms with van der Waals surface area (Å²) in [5.41, 5.74) is 2.40. The van der Waals surface area contributed by atoms with E-state index in [4.69, 9.17) is 41.8 Å². The molecule has 0 atom stereocenters. The van der Waals surface area contributed by atoms with Crippen LogP contribution in [0.15, 0.2) is 30.5 Å². The summed E-state index contributed by atoms with van der Waals surface area (Å²) in [6, 6.07) is 9.61. The van der Waals surface area contributed by atoms with Gasteiger partial charge >= 0.3 is 0 Å². The third-order valence-corrected chi connectivity index (χ3v) is 14.4. The second-order valence-corrected chi connectivity index (χ2v) is 19.2. The lowest BCUT2D eigenvalue weighted by molar-refractivity contribution is 0.145. The molecule has 1 aliphatic rings. The largest absolute Gasteiger partial charge is 0.495 e. The van der Waals surface area contributed by atoms with E-state index in [-0.39, 0.29) is 5.04 Å². The van der Waals surface area contributed by atoms with Crippen LogP contribution >= 0.6 is 23.2 Å². The summed E-state index contributed by atoms with van der Waals surface area (Å²) in [6.07, 6.45) is 3.19. The maximum atomic E-state index is 10.3. The maximum Gasteiger partial charge on any atom is 0.191 e. The lowest BCUT2D eigenvalue weighted by atomic mass is 10.1. The van der Waals surface area contributed by atoms with E-state index >= 15 is 0 Å². The molecular weight excluding hydrogens is 653 g/mol. The fourth-order valence-electron chi connectivity index (χ4n) is 5.37. The molecule has 1 saturated heterocycles. The molecule has 0 aliphatic carbocycles. The van der Waals surface area contributed by atoms with Gasteiger partial charge in [-0.05, 0) is 50.2 Å². The minimum atomic E-state index is -1.96. The van der Waals surface area contributed by atoms with Crippen molar-refractivity contribution in [1.82, 2.24) is 14.8 Å². The van der Waals surface area contributed by atoms with Crippen LogP contribution in [0.5, 0.6) is 17.2 Å². The van der Waals surface area contributed by atoms with Crippen molar-refractivity contribution in [2.45, 2.75) is 51.7 Å². The van der Waals surface area contributed by atoms with E-state index in [9.17, 15) is 5.26 Å². The quantitative estimate of drug-likeness (QED) is 0.123. The maximum absolute atomic E-state index is 10.3. The highest BCUT2D eigenvalue weighted by molar-refractivity contribution is 6.74.